The van der Waals surface area contributed by atoms with Gasteiger partial charge in [0.15, 0.2) is 0 Å². The molecule has 0 aliphatic heterocycles. The van der Waals surface area contributed by atoms with Crippen LogP contribution in [-0.4, -0.2) is 61.3 Å². The van der Waals surface area contributed by atoms with Gasteiger partial charge < -0.3 is 23.9 Å². The number of carbonyl (C=O) groups excluding carboxylic acids is 2. The summed E-state index contributed by atoms with van der Waals surface area (Å²) in [5.74, 6) is 0.138. The molecule has 0 aliphatic rings. The van der Waals surface area contributed by atoms with E-state index in [-0.39, 0.29) is 14.3 Å². The van der Waals surface area contributed by atoms with Gasteiger partial charge in [0.2, 0.25) is 0 Å². The first-order chi connectivity index (χ1) is 42.6. The van der Waals surface area contributed by atoms with Crippen molar-refractivity contribution >= 4 is 114 Å². The second-order valence-corrected chi connectivity index (χ2v) is 22.7. The Bertz CT molecular complexity index is 4450. The molecule has 9 heteroatoms. The number of nitrogens with one attached hydrogen (secondary N) is 1. The Hall–Kier alpha value is -9.70. The molecule has 14 rings (SSSR count). The van der Waals surface area contributed by atoms with E-state index >= 15 is 0 Å². The Labute approximate surface area is 527 Å². The average Bonchev–Trinajstić information content (AvgIpc) is 1.70. The van der Waals surface area contributed by atoms with E-state index in [1.807, 2.05) is 36.4 Å². The van der Waals surface area contributed by atoms with Gasteiger partial charge in [0.05, 0.1) is 22.1 Å². The number of rotatable bonds is 13. The second-order valence-electron chi connectivity index (χ2n) is 21.8. The minimum Gasteiger partial charge on any atom is -0.372 e. The molecule has 7 nitrogen and oxygen atoms in total. The van der Waals surface area contributed by atoms with Crippen LogP contribution in [0.15, 0.2) is 259 Å². The van der Waals surface area contributed by atoms with Crippen molar-refractivity contribution in [1.82, 2.24) is 14.1 Å². The third-order valence-electron chi connectivity index (χ3n) is 16.7. The smallest absolute Gasteiger partial charge is 0.150 e. The van der Waals surface area contributed by atoms with Gasteiger partial charge in [-0.15, -0.1) is 0 Å². The van der Waals surface area contributed by atoms with Crippen LogP contribution in [0.4, 0.5) is 11.4 Å². The molecule has 435 valence electrons. The molecule has 11 aromatic carbocycles. The van der Waals surface area contributed by atoms with Crippen LogP contribution in [0, 0.1) is 13.8 Å². The lowest BCUT2D eigenvalue weighted by molar-refractivity contribution is 0.111. The summed E-state index contributed by atoms with van der Waals surface area (Å²) in [6, 6.07) is 89.3. The number of hydrogen-bond donors (Lipinski definition) is 1. The van der Waals surface area contributed by atoms with Crippen LogP contribution in [0.1, 0.15) is 82.1 Å². The van der Waals surface area contributed by atoms with E-state index in [9.17, 15) is 9.59 Å². The summed E-state index contributed by atoms with van der Waals surface area (Å²) in [4.78, 5) is 29.2. The standard InChI is InChI=1S/C41H45N3.C19H13NO.C12H9N.C7H5BrO.B/c1-7-42(8-2)33-23-25-35(29(5)27-33)41(36-26-24-34(28-30(36)6)43(9-3)10-4)31-19-21-32(22-20-31)44-39-17-13-11-15-37(39)38-16-12-14-18-40(38)44;21-13-14-9-11-15(12-10-14)20-18-7-3-1-5-16(18)17-6-2-4-8-19(17)20;1-3-7-11-9(5-1)10-6-2-4-8-12(10)13-11;8-7-3-1-6(5-9)2-4-7;/h11-28,41H,7-10H2,1-6H3;1-13H;1-8,13H;1-5H;. The van der Waals surface area contributed by atoms with Crippen LogP contribution in [-0.2, 0) is 0 Å². The number of H-pyrrole nitrogens is 1. The zero-order valence-electron chi connectivity index (χ0n) is 50.9. The predicted molar refractivity (Wildman–Crippen MR) is 378 cm³/mol. The summed E-state index contributed by atoms with van der Waals surface area (Å²) in [6.45, 7) is 17.5. The molecule has 3 aromatic heterocycles. The highest BCUT2D eigenvalue weighted by Gasteiger charge is 2.23. The molecule has 0 aliphatic carbocycles. The Kier molecular flexibility index (Phi) is 19.7. The number of para-hydroxylation sites is 6. The number of anilines is 2. The minimum absolute atomic E-state index is 0. The number of carbonyl (C=O) groups is 2. The number of aromatic amines is 1. The first kappa shape index (κ1) is 61.4. The molecule has 3 radical (unpaired) electrons. The monoisotopic (exact) mass is 1210 g/mol. The molecular weight excluding hydrogens is 1140 g/mol. The lowest BCUT2D eigenvalue weighted by Crippen LogP contribution is -2.22. The van der Waals surface area contributed by atoms with Gasteiger partial charge in [-0.1, -0.05) is 162 Å². The van der Waals surface area contributed by atoms with Gasteiger partial charge in [-0.2, -0.15) is 0 Å². The molecule has 0 fully saturated rings. The zero-order valence-corrected chi connectivity index (χ0v) is 52.5. The van der Waals surface area contributed by atoms with Crippen molar-refractivity contribution < 1.29 is 9.59 Å². The highest BCUT2D eigenvalue weighted by Crippen LogP contribution is 2.40. The summed E-state index contributed by atoms with van der Waals surface area (Å²) < 4.78 is 5.63. The second kappa shape index (κ2) is 28.2. The molecule has 0 amide bonds. The van der Waals surface area contributed by atoms with Crippen LogP contribution in [0.25, 0.3) is 76.8 Å². The first-order valence-electron chi connectivity index (χ1n) is 30.1. The zero-order chi connectivity index (χ0) is 60.4. The van der Waals surface area contributed by atoms with E-state index in [0.29, 0.717) is 11.1 Å². The summed E-state index contributed by atoms with van der Waals surface area (Å²) in [5, 5.41) is 7.67. The van der Waals surface area contributed by atoms with Gasteiger partial charge in [0, 0.05) is 122 Å². The Morgan fingerprint density at radius 1 is 0.398 bits per heavy atom. The number of nitrogens with zero attached hydrogens (tertiary/aromatic N) is 4. The SMILES string of the molecule is CCN(CC)c1ccc(C(c2ccc(-n3c4ccccc4c4ccccc43)cc2)c2ccc(N(CC)CC)cc2C)c(C)c1.O=Cc1ccc(-n2c3ccccc3c3ccccc32)cc1.O=Cc1ccc(Br)cc1.[B].c1ccc2c(c1)[nH]c1ccccc12. The maximum absolute atomic E-state index is 10.8. The van der Waals surface area contributed by atoms with Crippen molar-refractivity contribution in [1.29, 1.82) is 0 Å². The molecule has 1 N–H and O–H groups in total. The lowest BCUT2D eigenvalue weighted by atomic mass is 9.81. The predicted octanol–water partition coefficient (Wildman–Crippen LogP) is 20.1. The molecule has 88 heavy (non-hydrogen) atoms. The van der Waals surface area contributed by atoms with Gasteiger partial charge in [-0.3, -0.25) is 9.59 Å². The first-order valence-corrected chi connectivity index (χ1v) is 30.9. The summed E-state index contributed by atoms with van der Waals surface area (Å²) in [6.07, 6.45) is 1.70. The number of aryl methyl sites for hydroxylation is 2. The normalized spacial score (nSPS) is 11.0. The summed E-state index contributed by atoms with van der Waals surface area (Å²) in [7, 11) is 0. The van der Waals surface area contributed by atoms with E-state index in [0.717, 1.165) is 48.9 Å². The third kappa shape index (κ3) is 12.7. The number of aromatic nitrogens is 3. The van der Waals surface area contributed by atoms with Crippen molar-refractivity contribution in [2.75, 3.05) is 36.0 Å². The number of hydrogen-bond acceptors (Lipinski definition) is 4. The van der Waals surface area contributed by atoms with Gasteiger partial charge >= 0.3 is 0 Å². The molecule has 0 atom stereocenters. The van der Waals surface area contributed by atoms with E-state index in [1.54, 1.807) is 12.1 Å². The van der Waals surface area contributed by atoms with Crippen LogP contribution in [0.5, 0.6) is 0 Å². The van der Waals surface area contributed by atoms with Crippen molar-refractivity contribution in [2.24, 2.45) is 0 Å². The minimum atomic E-state index is 0. The van der Waals surface area contributed by atoms with E-state index < -0.39 is 0 Å². The fraction of sp³-hybridized carbons (Fsp3) is 0.139. The van der Waals surface area contributed by atoms with Crippen LogP contribution >= 0.6 is 15.9 Å². The highest BCUT2D eigenvalue weighted by molar-refractivity contribution is 9.10. The summed E-state index contributed by atoms with van der Waals surface area (Å²) in [5.41, 5.74) is 20.2. The maximum Gasteiger partial charge on any atom is 0.150 e. The highest BCUT2D eigenvalue weighted by atomic mass is 79.9. The van der Waals surface area contributed by atoms with E-state index in [4.69, 9.17) is 0 Å². The topological polar surface area (TPSA) is 66.3 Å². The molecule has 0 unspecified atom stereocenters. The fourth-order valence-electron chi connectivity index (χ4n) is 12.3. The van der Waals surface area contributed by atoms with Crippen molar-refractivity contribution in [3.63, 3.8) is 0 Å². The lowest BCUT2D eigenvalue weighted by Gasteiger charge is -2.27. The molecule has 0 bridgehead atoms. The maximum atomic E-state index is 10.8. The number of fused-ring (bicyclic) bond motifs is 9. The van der Waals surface area contributed by atoms with Crippen LogP contribution in [0.2, 0.25) is 0 Å². The Morgan fingerprint density at radius 3 is 1.06 bits per heavy atom. The molecule has 0 saturated heterocycles. The molecule has 0 saturated carbocycles. The van der Waals surface area contributed by atoms with Crippen molar-refractivity contribution in [3.05, 3.63) is 298 Å². The summed E-state index contributed by atoms with van der Waals surface area (Å²) >= 11 is 3.26. The van der Waals surface area contributed by atoms with E-state index in [1.165, 1.54) is 110 Å². The number of benzene rings is 11. The van der Waals surface area contributed by atoms with Gasteiger partial charge in [-0.05, 0) is 179 Å². The molecule has 3 heterocycles. The van der Waals surface area contributed by atoms with Gasteiger partial charge in [-0.25, -0.2) is 0 Å². The van der Waals surface area contributed by atoms with Crippen molar-refractivity contribution in [2.45, 2.75) is 47.5 Å². The van der Waals surface area contributed by atoms with Gasteiger partial charge in [0.1, 0.15) is 12.6 Å². The fourth-order valence-corrected chi connectivity index (χ4v) is 12.6. The molecule has 0 spiro atoms. The van der Waals surface area contributed by atoms with Crippen LogP contribution < -0.4 is 9.80 Å². The third-order valence-corrected chi connectivity index (χ3v) is 17.3. The van der Waals surface area contributed by atoms with Crippen molar-refractivity contribution in [3.8, 4) is 11.4 Å². The van der Waals surface area contributed by atoms with E-state index in [2.05, 4.69) is 288 Å². The number of halogens is 1. The molecule has 14 aromatic rings. The van der Waals surface area contributed by atoms with Crippen LogP contribution in [0.3, 0.4) is 0 Å². The Balaban J connectivity index is 0.000000157. The quantitative estimate of drug-likeness (QED) is 0.0710. The van der Waals surface area contributed by atoms with Gasteiger partial charge in [0.25, 0.3) is 0 Å². The Morgan fingerprint density at radius 2 is 0.716 bits per heavy atom. The molecular formula is C79H72BBrN5O2. The average molecular weight is 1210 g/mol. The largest absolute Gasteiger partial charge is 0.372 e. The number of aldehydes is 2.